The number of nitrogens with zero attached hydrogens (tertiary/aromatic N) is 3. The summed E-state index contributed by atoms with van der Waals surface area (Å²) in [5.41, 5.74) is 1.92. The molecular formula is C14H11N3OS. The molecule has 94 valence electrons. The Hall–Kier alpha value is -2.27. The average molecular weight is 269 g/mol. The summed E-state index contributed by atoms with van der Waals surface area (Å²) in [5, 5.41) is 5.13. The Morgan fingerprint density at radius 3 is 2.68 bits per heavy atom. The maximum atomic E-state index is 11.3. The van der Waals surface area contributed by atoms with E-state index in [9.17, 15) is 4.79 Å². The number of Topliss-reactive ketones (excluding diaryl/α,β-unsaturated/α-hetero) is 1. The Labute approximate surface area is 114 Å². The molecule has 3 aromatic rings. The van der Waals surface area contributed by atoms with E-state index in [2.05, 4.69) is 10.1 Å². The van der Waals surface area contributed by atoms with Crippen LogP contribution >= 0.6 is 11.3 Å². The minimum Gasteiger partial charge on any atom is -0.294 e. The molecule has 0 saturated heterocycles. The fourth-order valence-corrected chi connectivity index (χ4v) is 2.51. The van der Waals surface area contributed by atoms with Gasteiger partial charge < -0.3 is 0 Å². The lowest BCUT2D eigenvalue weighted by Crippen LogP contribution is -1.92. The quantitative estimate of drug-likeness (QED) is 0.686. The van der Waals surface area contributed by atoms with E-state index in [-0.39, 0.29) is 5.78 Å². The standard InChI is InChI=1S/C14H11N3OS/c1-10(18)13-8-15-14(19-13)11-7-16-17(9-11)12-5-3-2-4-6-12/h2-9H,1H3. The molecule has 0 unspecified atom stereocenters. The normalized spacial score (nSPS) is 10.6. The van der Waals surface area contributed by atoms with E-state index in [1.807, 2.05) is 36.5 Å². The lowest BCUT2D eigenvalue weighted by atomic mass is 10.3. The van der Waals surface area contributed by atoms with E-state index >= 15 is 0 Å². The molecule has 1 aromatic carbocycles. The van der Waals surface area contributed by atoms with E-state index in [1.165, 1.54) is 11.3 Å². The monoisotopic (exact) mass is 269 g/mol. The Morgan fingerprint density at radius 1 is 1.21 bits per heavy atom. The van der Waals surface area contributed by atoms with Gasteiger partial charge in [0.15, 0.2) is 5.78 Å². The molecule has 0 bridgehead atoms. The van der Waals surface area contributed by atoms with Crippen molar-refractivity contribution < 1.29 is 4.79 Å². The molecule has 2 aromatic heterocycles. The number of carbonyl (C=O) groups is 1. The van der Waals surface area contributed by atoms with Crippen LogP contribution < -0.4 is 0 Å². The van der Waals surface area contributed by atoms with Crippen molar-refractivity contribution in [2.24, 2.45) is 0 Å². The third-order valence-electron chi connectivity index (χ3n) is 2.70. The van der Waals surface area contributed by atoms with Crippen LogP contribution in [0.25, 0.3) is 16.3 Å². The largest absolute Gasteiger partial charge is 0.294 e. The van der Waals surface area contributed by atoms with Crippen LogP contribution in [-0.4, -0.2) is 20.5 Å². The van der Waals surface area contributed by atoms with E-state index in [0.29, 0.717) is 4.88 Å². The molecule has 0 spiro atoms. The zero-order chi connectivity index (χ0) is 13.2. The van der Waals surface area contributed by atoms with Gasteiger partial charge in [-0.15, -0.1) is 11.3 Å². The van der Waals surface area contributed by atoms with Gasteiger partial charge in [0.2, 0.25) is 0 Å². The number of ketones is 1. The summed E-state index contributed by atoms with van der Waals surface area (Å²) in [6.07, 6.45) is 5.29. The fraction of sp³-hybridized carbons (Fsp3) is 0.0714. The fourth-order valence-electron chi connectivity index (χ4n) is 1.73. The lowest BCUT2D eigenvalue weighted by Gasteiger charge is -1.98. The molecule has 2 heterocycles. The van der Waals surface area contributed by atoms with Crippen LogP contribution in [-0.2, 0) is 0 Å². The van der Waals surface area contributed by atoms with E-state index < -0.39 is 0 Å². The maximum absolute atomic E-state index is 11.3. The number of rotatable bonds is 3. The van der Waals surface area contributed by atoms with Gasteiger partial charge in [0.1, 0.15) is 5.01 Å². The number of benzene rings is 1. The second kappa shape index (κ2) is 4.78. The van der Waals surface area contributed by atoms with Crippen LogP contribution in [0.2, 0.25) is 0 Å². The molecule has 0 aliphatic carbocycles. The Morgan fingerprint density at radius 2 is 2.00 bits per heavy atom. The highest BCUT2D eigenvalue weighted by molar-refractivity contribution is 7.16. The van der Waals surface area contributed by atoms with E-state index in [4.69, 9.17) is 0 Å². The van der Waals surface area contributed by atoms with Crippen molar-refractivity contribution in [1.29, 1.82) is 0 Å². The zero-order valence-corrected chi connectivity index (χ0v) is 11.1. The van der Waals surface area contributed by atoms with E-state index in [1.54, 1.807) is 24.0 Å². The molecule has 4 nitrogen and oxygen atoms in total. The number of hydrogen-bond donors (Lipinski definition) is 0. The average Bonchev–Trinajstić information content (AvgIpc) is 3.09. The van der Waals surface area contributed by atoms with Crippen molar-refractivity contribution in [3.05, 3.63) is 53.8 Å². The summed E-state index contributed by atoms with van der Waals surface area (Å²) in [5.74, 6) is 0.0409. The Bertz CT molecular complexity index is 715. The van der Waals surface area contributed by atoms with Crippen LogP contribution in [0.5, 0.6) is 0 Å². The van der Waals surface area contributed by atoms with Crippen molar-refractivity contribution in [1.82, 2.24) is 14.8 Å². The molecule has 0 aliphatic heterocycles. The summed E-state index contributed by atoms with van der Waals surface area (Å²) >= 11 is 1.39. The zero-order valence-electron chi connectivity index (χ0n) is 10.3. The van der Waals surface area contributed by atoms with Crippen molar-refractivity contribution in [2.75, 3.05) is 0 Å². The predicted octanol–water partition coefficient (Wildman–Crippen LogP) is 3.20. The highest BCUT2D eigenvalue weighted by Crippen LogP contribution is 2.25. The molecule has 0 N–H and O–H groups in total. The first-order valence-corrected chi connectivity index (χ1v) is 6.63. The van der Waals surface area contributed by atoms with Gasteiger partial charge in [-0.2, -0.15) is 5.10 Å². The first kappa shape index (κ1) is 11.8. The molecule has 5 heteroatoms. The van der Waals surface area contributed by atoms with Crippen molar-refractivity contribution in [3.8, 4) is 16.3 Å². The molecule has 0 fully saturated rings. The van der Waals surface area contributed by atoms with Gasteiger partial charge in [-0.3, -0.25) is 4.79 Å². The van der Waals surface area contributed by atoms with Gasteiger partial charge in [0.05, 0.1) is 16.8 Å². The SMILES string of the molecule is CC(=O)c1cnc(-c2cnn(-c3ccccc3)c2)s1. The highest BCUT2D eigenvalue weighted by Gasteiger charge is 2.10. The number of hydrogen-bond acceptors (Lipinski definition) is 4. The molecule has 0 saturated carbocycles. The Balaban J connectivity index is 1.94. The summed E-state index contributed by atoms with van der Waals surface area (Å²) in [6.45, 7) is 1.55. The third kappa shape index (κ3) is 2.32. The number of thiazole rings is 1. The number of carbonyl (C=O) groups excluding carboxylic acids is 1. The smallest absolute Gasteiger partial charge is 0.171 e. The molecule has 0 atom stereocenters. The van der Waals surface area contributed by atoms with Crippen LogP contribution in [0.15, 0.2) is 48.9 Å². The lowest BCUT2D eigenvalue weighted by molar-refractivity contribution is 0.102. The van der Waals surface area contributed by atoms with Gasteiger partial charge in [-0.25, -0.2) is 9.67 Å². The maximum Gasteiger partial charge on any atom is 0.171 e. The highest BCUT2D eigenvalue weighted by atomic mass is 32.1. The molecular weight excluding hydrogens is 258 g/mol. The van der Waals surface area contributed by atoms with Crippen molar-refractivity contribution in [3.63, 3.8) is 0 Å². The molecule has 19 heavy (non-hydrogen) atoms. The summed E-state index contributed by atoms with van der Waals surface area (Å²) in [6, 6.07) is 9.87. The Kier molecular flexibility index (Phi) is 2.97. The number of para-hydroxylation sites is 1. The van der Waals surface area contributed by atoms with Gasteiger partial charge in [-0.1, -0.05) is 18.2 Å². The predicted molar refractivity (Wildman–Crippen MR) is 74.7 cm³/mol. The summed E-state index contributed by atoms with van der Waals surface area (Å²) < 4.78 is 1.80. The van der Waals surface area contributed by atoms with Crippen LogP contribution in [0.3, 0.4) is 0 Å². The third-order valence-corrected chi connectivity index (χ3v) is 3.85. The van der Waals surface area contributed by atoms with Gasteiger partial charge >= 0.3 is 0 Å². The molecule has 0 aliphatic rings. The summed E-state index contributed by atoms with van der Waals surface area (Å²) in [4.78, 5) is 16.2. The molecule has 0 amide bonds. The van der Waals surface area contributed by atoms with Crippen LogP contribution in [0.1, 0.15) is 16.6 Å². The number of aromatic nitrogens is 3. The van der Waals surface area contributed by atoms with Crippen molar-refractivity contribution >= 4 is 17.1 Å². The van der Waals surface area contributed by atoms with Gasteiger partial charge in [0.25, 0.3) is 0 Å². The van der Waals surface area contributed by atoms with Gasteiger partial charge in [-0.05, 0) is 12.1 Å². The first-order valence-electron chi connectivity index (χ1n) is 5.81. The molecule has 0 radical (unpaired) electrons. The first-order chi connectivity index (χ1) is 9.24. The second-order valence-corrected chi connectivity index (χ2v) is 5.13. The second-order valence-electron chi connectivity index (χ2n) is 4.09. The van der Waals surface area contributed by atoms with Crippen LogP contribution in [0.4, 0.5) is 0 Å². The minimum absolute atomic E-state index is 0.0409. The van der Waals surface area contributed by atoms with Crippen molar-refractivity contribution in [2.45, 2.75) is 6.92 Å². The topological polar surface area (TPSA) is 47.8 Å². The van der Waals surface area contributed by atoms with Gasteiger partial charge in [0, 0.05) is 24.9 Å². The van der Waals surface area contributed by atoms with Crippen LogP contribution in [0, 0.1) is 0 Å². The minimum atomic E-state index is 0.0409. The molecule has 3 rings (SSSR count). The van der Waals surface area contributed by atoms with E-state index in [0.717, 1.165) is 16.3 Å². The summed E-state index contributed by atoms with van der Waals surface area (Å²) in [7, 11) is 0.